The van der Waals surface area contributed by atoms with Crippen LogP contribution in [0.5, 0.6) is 0 Å². The summed E-state index contributed by atoms with van der Waals surface area (Å²) in [4.78, 5) is 21.0. The van der Waals surface area contributed by atoms with Crippen LogP contribution in [-0.2, 0) is 22.7 Å². The molecule has 1 aromatic heterocycles. The van der Waals surface area contributed by atoms with Crippen LogP contribution in [0.1, 0.15) is 5.69 Å². The zero-order valence-corrected chi connectivity index (χ0v) is 7.67. The third-order valence-corrected chi connectivity index (χ3v) is 1.44. The number of amides is 1. The number of carboxylic acids is 1. The van der Waals surface area contributed by atoms with Crippen molar-refractivity contribution in [3.05, 3.63) is 11.9 Å². The molecule has 1 heterocycles. The second-order valence-corrected chi connectivity index (χ2v) is 2.63. The van der Waals surface area contributed by atoms with E-state index >= 15 is 0 Å². The maximum atomic E-state index is 10.7. The first kappa shape index (κ1) is 10.7. The molecule has 0 saturated heterocycles. The van der Waals surface area contributed by atoms with Crippen LogP contribution in [0.15, 0.2) is 6.20 Å². The number of terminal acetylenes is 1. The average molecular weight is 208 g/mol. The van der Waals surface area contributed by atoms with Gasteiger partial charge in [-0.15, -0.1) is 11.5 Å². The summed E-state index contributed by atoms with van der Waals surface area (Å²) in [5.41, 5.74) is 0.444. The summed E-state index contributed by atoms with van der Waals surface area (Å²) in [7, 11) is 0. The van der Waals surface area contributed by atoms with Crippen molar-refractivity contribution in [2.75, 3.05) is 0 Å². The molecule has 0 aromatic carbocycles. The van der Waals surface area contributed by atoms with Crippen molar-refractivity contribution in [2.45, 2.75) is 13.1 Å². The van der Waals surface area contributed by atoms with Crippen LogP contribution < -0.4 is 5.32 Å². The summed E-state index contributed by atoms with van der Waals surface area (Å²) in [6, 6.07) is 0. The summed E-state index contributed by atoms with van der Waals surface area (Å²) in [6.07, 6.45) is 6.25. The number of carbonyl (C=O) groups excluding carboxylic acids is 1. The predicted octanol–water partition coefficient (Wildman–Crippen LogP) is -1.39. The minimum atomic E-state index is -1.01. The lowest BCUT2D eigenvalue weighted by Gasteiger charge is -1.94. The maximum Gasteiger partial charge on any atom is 0.325 e. The highest BCUT2D eigenvalue weighted by molar-refractivity contribution is 5.92. The third kappa shape index (κ3) is 3.48. The largest absolute Gasteiger partial charge is 0.480 e. The summed E-state index contributed by atoms with van der Waals surface area (Å²) in [5.74, 6) is 0.307. The lowest BCUT2D eigenvalue weighted by Crippen LogP contribution is -2.20. The maximum absolute atomic E-state index is 10.7. The molecule has 78 valence electrons. The average Bonchev–Trinajstić information content (AvgIpc) is 2.61. The summed E-state index contributed by atoms with van der Waals surface area (Å²) >= 11 is 0. The summed E-state index contributed by atoms with van der Waals surface area (Å²) < 4.78 is 1.15. The molecule has 0 aliphatic rings. The SMILES string of the molecule is C#CC(=O)NCc1cn(CC(=O)O)nn1. The molecule has 0 fully saturated rings. The van der Waals surface area contributed by atoms with Crippen LogP contribution in [0.25, 0.3) is 0 Å². The van der Waals surface area contributed by atoms with Gasteiger partial charge in [0.1, 0.15) is 12.2 Å². The fraction of sp³-hybridized carbons (Fsp3) is 0.250. The highest BCUT2D eigenvalue weighted by Crippen LogP contribution is 1.92. The number of nitrogens with one attached hydrogen (secondary N) is 1. The molecule has 2 N–H and O–H groups in total. The second kappa shape index (κ2) is 4.76. The number of nitrogens with zero attached hydrogens (tertiary/aromatic N) is 3. The first-order chi connectivity index (χ1) is 7.11. The van der Waals surface area contributed by atoms with Gasteiger partial charge in [0.05, 0.1) is 12.7 Å². The van der Waals surface area contributed by atoms with Crippen molar-refractivity contribution < 1.29 is 14.7 Å². The van der Waals surface area contributed by atoms with Gasteiger partial charge in [0.2, 0.25) is 0 Å². The van der Waals surface area contributed by atoms with E-state index in [1.54, 1.807) is 0 Å². The van der Waals surface area contributed by atoms with Crippen molar-refractivity contribution in [3.63, 3.8) is 0 Å². The van der Waals surface area contributed by atoms with Crippen molar-refractivity contribution in [1.82, 2.24) is 20.3 Å². The Morgan fingerprint density at radius 1 is 1.67 bits per heavy atom. The Morgan fingerprint density at radius 2 is 2.40 bits per heavy atom. The fourth-order valence-electron chi connectivity index (χ4n) is 0.857. The Balaban J connectivity index is 2.50. The highest BCUT2D eigenvalue weighted by atomic mass is 16.4. The Morgan fingerprint density at radius 3 is 3.00 bits per heavy atom. The van der Waals surface area contributed by atoms with Crippen LogP contribution in [-0.4, -0.2) is 32.0 Å². The Labute approximate surface area is 85.1 Å². The minimum Gasteiger partial charge on any atom is -0.480 e. The zero-order chi connectivity index (χ0) is 11.3. The van der Waals surface area contributed by atoms with E-state index in [0.717, 1.165) is 4.68 Å². The third-order valence-electron chi connectivity index (χ3n) is 1.44. The Hall–Kier alpha value is -2.36. The lowest BCUT2D eigenvalue weighted by atomic mass is 10.4. The van der Waals surface area contributed by atoms with E-state index in [1.807, 2.05) is 5.92 Å². The molecule has 0 atom stereocenters. The molecule has 0 radical (unpaired) electrons. The van der Waals surface area contributed by atoms with Gasteiger partial charge in [0, 0.05) is 0 Å². The van der Waals surface area contributed by atoms with Crippen LogP contribution in [0.2, 0.25) is 0 Å². The van der Waals surface area contributed by atoms with Crippen molar-refractivity contribution in [1.29, 1.82) is 0 Å². The molecule has 0 spiro atoms. The first-order valence-corrected chi connectivity index (χ1v) is 3.97. The fourth-order valence-corrected chi connectivity index (χ4v) is 0.857. The highest BCUT2D eigenvalue weighted by Gasteiger charge is 2.04. The van der Waals surface area contributed by atoms with E-state index in [0.29, 0.717) is 5.69 Å². The molecule has 0 unspecified atom stereocenters. The van der Waals surface area contributed by atoms with Gasteiger partial charge in [-0.05, 0) is 5.92 Å². The van der Waals surface area contributed by atoms with Gasteiger partial charge >= 0.3 is 5.97 Å². The first-order valence-electron chi connectivity index (χ1n) is 3.97. The normalized spacial score (nSPS) is 9.27. The standard InChI is InChI=1S/C8H8N4O3/c1-2-7(13)9-3-6-4-12(11-10-6)5-8(14)15/h1,4H,3,5H2,(H,9,13)(H,14,15). The van der Waals surface area contributed by atoms with Crippen molar-refractivity contribution >= 4 is 11.9 Å². The number of aliphatic carboxylic acids is 1. The van der Waals surface area contributed by atoms with Crippen LogP contribution in [0.3, 0.4) is 0 Å². The lowest BCUT2D eigenvalue weighted by molar-refractivity contribution is -0.137. The van der Waals surface area contributed by atoms with Crippen LogP contribution >= 0.6 is 0 Å². The van der Waals surface area contributed by atoms with E-state index in [9.17, 15) is 9.59 Å². The molecule has 7 heteroatoms. The van der Waals surface area contributed by atoms with Crippen LogP contribution in [0.4, 0.5) is 0 Å². The Kier molecular flexibility index (Phi) is 3.40. The number of rotatable bonds is 4. The van der Waals surface area contributed by atoms with Crippen molar-refractivity contribution in [3.8, 4) is 12.3 Å². The molecular formula is C8H8N4O3. The molecule has 1 aromatic rings. The monoisotopic (exact) mass is 208 g/mol. The van der Waals surface area contributed by atoms with Gasteiger partial charge < -0.3 is 10.4 Å². The molecule has 7 nitrogen and oxygen atoms in total. The topological polar surface area (TPSA) is 97.1 Å². The smallest absolute Gasteiger partial charge is 0.325 e. The van der Waals surface area contributed by atoms with Gasteiger partial charge in [-0.25, -0.2) is 4.68 Å². The van der Waals surface area contributed by atoms with Crippen LogP contribution in [0, 0.1) is 12.3 Å². The van der Waals surface area contributed by atoms with Gasteiger partial charge in [-0.3, -0.25) is 9.59 Å². The van der Waals surface area contributed by atoms with Crippen molar-refractivity contribution in [2.24, 2.45) is 0 Å². The molecular weight excluding hydrogens is 200 g/mol. The molecule has 1 amide bonds. The van der Waals surface area contributed by atoms with Gasteiger partial charge in [-0.1, -0.05) is 5.21 Å². The summed E-state index contributed by atoms with van der Waals surface area (Å²) in [5, 5.41) is 18.0. The van der Waals surface area contributed by atoms with E-state index in [1.165, 1.54) is 6.20 Å². The molecule has 15 heavy (non-hydrogen) atoms. The molecule has 0 aliphatic heterocycles. The number of hydrogen-bond acceptors (Lipinski definition) is 4. The van der Waals surface area contributed by atoms with E-state index in [2.05, 4.69) is 15.6 Å². The number of carboxylic acid groups (broad SMARTS) is 1. The van der Waals surface area contributed by atoms with E-state index in [-0.39, 0.29) is 13.1 Å². The Bertz CT molecular complexity index is 418. The molecule has 0 saturated carbocycles. The zero-order valence-electron chi connectivity index (χ0n) is 7.67. The van der Waals surface area contributed by atoms with Gasteiger partial charge in [0.15, 0.2) is 0 Å². The molecule has 1 rings (SSSR count). The van der Waals surface area contributed by atoms with Gasteiger partial charge in [0.25, 0.3) is 5.91 Å². The molecule has 0 aliphatic carbocycles. The second-order valence-electron chi connectivity index (χ2n) is 2.63. The number of carbonyl (C=O) groups is 2. The predicted molar refractivity (Wildman–Crippen MR) is 48.3 cm³/mol. The van der Waals surface area contributed by atoms with Gasteiger partial charge in [-0.2, -0.15) is 0 Å². The van der Waals surface area contributed by atoms with E-state index < -0.39 is 11.9 Å². The number of aromatic nitrogens is 3. The quantitative estimate of drug-likeness (QED) is 0.594. The minimum absolute atomic E-state index is 0.128. The molecule has 0 bridgehead atoms. The summed E-state index contributed by atoms with van der Waals surface area (Å²) in [6.45, 7) is -0.140. The number of hydrogen-bond donors (Lipinski definition) is 2. The van der Waals surface area contributed by atoms with E-state index in [4.69, 9.17) is 11.5 Å².